The van der Waals surface area contributed by atoms with Crippen molar-refractivity contribution in [2.45, 2.75) is 38.8 Å². The lowest BCUT2D eigenvalue weighted by atomic mass is 9.97. The van der Waals surface area contributed by atoms with Gasteiger partial charge in [-0.2, -0.15) is 0 Å². The number of nitrogens with two attached hydrogens (primary N) is 1. The van der Waals surface area contributed by atoms with Gasteiger partial charge in [-0.3, -0.25) is 14.4 Å². The Morgan fingerprint density at radius 3 is 2.68 bits per heavy atom. The quantitative estimate of drug-likeness (QED) is 0.507. The van der Waals surface area contributed by atoms with Crippen molar-refractivity contribution < 1.29 is 14.4 Å². The molecule has 0 aromatic heterocycles. The van der Waals surface area contributed by atoms with E-state index >= 15 is 0 Å². The first-order valence-electron chi connectivity index (χ1n) is 7.93. The van der Waals surface area contributed by atoms with E-state index in [1.807, 2.05) is 0 Å². The van der Waals surface area contributed by atoms with Gasteiger partial charge < -0.3 is 21.7 Å². The van der Waals surface area contributed by atoms with Gasteiger partial charge in [-0.05, 0) is 36.6 Å². The Hall–Kier alpha value is -1.63. The molecule has 2 saturated heterocycles. The third-order valence-corrected chi connectivity index (χ3v) is 5.68. The number of rotatable bonds is 5. The van der Waals surface area contributed by atoms with Crippen molar-refractivity contribution in [2.24, 2.45) is 28.9 Å². The Morgan fingerprint density at radius 2 is 2.18 bits per heavy atom. The molecule has 0 aromatic rings. The van der Waals surface area contributed by atoms with Crippen LogP contribution in [0.4, 0.5) is 0 Å². The summed E-state index contributed by atoms with van der Waals surface area (Å²) < 4.78 is 0. The number of nitrogens with one attached hydrogen (secondary N) is 3. The molecule has 22 heavy (non-hydrogen) atoms. The van der Waals surface area contributed by atoms with E-state index in [1.165, 1.54) is 0 Å². The highest BCUT2D eigenvalue weighted by Crippen LogP contribution is 2.62. The van der Waals surface area contributed by atoms with E-state index in [4.69, 9.17) is 5.73 Å². The maximum absolute atomic E-state index is 12.5. The molecule has 3 amide bonds. The summed E-state index contributed by atoms with van der Waals surface area (Å²) >= 11 is 0. The molecule has 2 aliphatic heterocycles. The Balaban J connectivity index is 1.60. The summed E-state index contributed by atoms with van der Waals surface area (Å²) in [6, 6.07) is -1.05. The molecule has 5 N–H and O–H groups in total. The largest absolute Gasteiger partial charge is 0.368 e. The molecule has 3 aliphatic rings. The van der Waals surface area contributed by atoms with Crippen molar-refractivity contribution in [1.82, 2.24) is 16.0 Å². The second-order valence-electron chi connectivity index (χ2n) is 7.32. The van der Waals surface area contributed by atoms with Crippen LogP contribution in [-0.4, -0.2) is 42.9 Å². The normalized spacial score (nSPS) is 36.4. The van der Waals surface area contributed by atoms with Gasteiger partial charge in [0.1, 0.15) is 6.04 Å². The summed E-state index contributed by atoms with van der Waals surface area (Å²) in [5, 5.41) is 8.69. The minimum absolute atomic E-state index is 0.0668. The molecule has 7 heteroatoms. The SMILES string of the molecule is CC1(C)[C@@H]2[C@@H](C(=O)N[C@@H](CC3CCNC3=O)C(N)=O)NC[C@@H]21. The van der Waals surface area contributed by atoms with E-state index in [0.717, 1.165) is 6.54 Å². The van der Waals surface area contributed by atoms with Crippen LogP contribution in [0.25, 0.3) is 0 Å². The fourth-order valence-corrected chi connectivity index (χ4v) is 4.14. The summed E-state index contributed by atoms with van der Waals surface area (Å²) in [4.78, 5) is 35.7. The smallest absolute Gasteiger partial charge is 0.240 e. The molecule has 0 bridgehead atoms. The molecule has 5 atom stereocenters. The van der Waals surface area contributed by atoms with Crippen molar-refractivity contribution >= 4 is 17.7 Å². The zero-order valence-electron chi connectivity index (χ0n) is 13.0. The van der Waals surface area contributed by atoms with Crippen molar-refractivity contribution in [2.75, 3.05) is 13.1 Å². The summed E-state index contributed by atoms with van der Waals surface area (Å²) in [7, 11) is 0. The average molecular weight is 308 g/mol. The lowest BCUT2D eigenvalue weighted by molar-refractivity contribution is -0.130. The van der Waals surface area contributed by atoms with Crippen LogP contribution < -0.4 is 21.7 Å². The molecule has 3 fully saturated rings. The van der Waals surface area contributed by atoms with Gasteiger partial charge in [0.15, 0.2) is 0 Å². The molecule has 1 aliphatic carbocycles. The van der Waals surface area contributed by atoms with Gasteiger partial charge in [0.05, 0.1) is 6.04 Å². The third kappa shape index (κ3) is 2.47. The number of hydrogen-bond acceptors (Lipinski definition) is 4. The monoisotopic (exact) mass is 308 g/mol. The first-order chi connectivity index (χ1) is 10.3. The summed E-state index contributed by atoms with van der Waals surface area (Å²) in [6.07, 6.45) is 0.953. The van der Waals surface area contributed by atoms with E-state index in [-0.39, 0.29) is 35.6 Å². The summed E-state index contributed by atoms with van der Waals surface area (Å²) in [6.45, 7) is 5.78. The summed E-state index contributed by atoms with van der Waals surface area (Å²) in [5.41, 5.74) is 5.58. The maximum atomic E-state index is 12.5. The van der Waals surface area contributed by atoms with Crippen LogP contribution in [0.3, 0.4) is 0 Å². The fraction of sp³-hybridized carbons (Fsp3) is 0.800. The van der Waals surface area contributed by atoms with E-state index in [9.17, 15) is 14.4 Å². The number of carbonyl (C=O) groups excluding carboxylic acids is 3. The van der Waals surface area contributed by atoms with Crippen molar-refractivity contribution in [1.29, 1.82) is 0 Å². The Kier molecular flexibility index (Phi) is 3.63. The number of piperidine rings is 1. The molecule has 3 rings (SSSR count). The molecule has 1 saturated carbocycles. The first kappa shape index (κ1) is 15.3. The molecule has 122 valence electrons. The number of fused-ring (bicyclic) bond motifs is 1. The number of carbonyl (C=O) groups is 3. The minimum atomic E-state index is -0.788. The van der Waals surface area contributed by atoms with Gasteiger partial charge >= 0.3 is 0 Å². The zero-order chi connectivity index (χ0) is 16.1. The van der Waals surface area contributed by atoms with Gasteiger partial charge in [-0.1, -0.05) is 13.8 Å². The van der Waals surface area contributed by atoms with Gasteiger partial charge in [0.25, 0.3) is 0 Å². The third-order valence-electron chi connectivity index (χ3n) is 5.68. The number of amides is 3. The highest BCUT2D eigenvalue weighted by atomic mass is 16.2. The van der Waals surface area contributed by atoms with Crippen molar-refractivity contribution in [3.05, 3.63) is 0 Å². The van der Waals surface area contributed by atoms with Crippen LogP contribution in [-0.2, 0) is 14.4 Å². The Labute approximate surface area is 129 Å². The molecular weight excluding hydrogens is 284 g/mol. The highest BCUT2D eigenvalue weighted by Gasteiger charge is 2.65. The van der Waals surface area contributed by atoms with E-state index in [0.29, 0.717) is 24.8 Å². The molecular formula is C15H24N4O3. The molecule has 0 aromatic carbocycles. The molecule has 0 spiro atoms. The standard InChI is InChI=1S/C15H24N4O3/c1-15(2)8-6-18-11(10(8)15)14(22)19-9(12(16)20)5-7-3-4-17-13(7)21/h7-11,18H,3-6H2,1-2H3,(H2,16,20)(H,17,21)(H,19,22)/t7?,8-,9-,10-,11-/m0/s1. The van der Waals surface area contributed by atoms with Gasteiger partial charge in [-0.25, -0.2) is 0 Å². The van der Waals surface area contributed by atoms with Crippen LogP contribution >= 0.6 is 0 Å². The average Bonchev–Trinajstić information content (AvgIpc) is 2.85. The minimum Gasteiger partial charge on any atom is -0.368 e. The predicted octanol–water partition coefficient (Wildman–Crippen LogP) is -1.27. The lowest BCUT2D eigenvalue weighted by Crippen LogP contribution is -2.52. The first-order valence-corrected chi connectivity index (χ1v) is 7.93. The van der Waals surface area contributed by atoms with Crippen LogP contribution in [0.5, 0.6) is 0 Å². The predicted molar refractivity (Wildman–Crippen MR) is 79.4 cm³/mol. The Bertz CT molecular complexity index is 519. The maximum Gasteiger partial charge on any atom is 0.240 e. The zero-order valence-corrected chi connectivity index (χ0v) is 13.0. The van der Waals surface area contributed by atoms with Crippen molar-refractivity contribution in [3.8, 4) is 0 Å². The van der Waals surface area contributed by atoms with Crippen LogP contribution in [0.2, 0.25) is 0 Å². The van der Waals surface area contributed by atoms with Gasteiger partial charge in [0, 0.05) is 12.5 Å². The molecule has 1 unspecified atom stereocenters. The van der Waals surface area contributed by atoms with Gasteiger partial charge in [-0.15, -0.1) is 0 Å². The topological polar surface area (TPSA) is 113 Å². The van der Waals surface area contributed by atoms with E-state index in [1.54, 1.807) is 0 Å². The van der Waals surface area contributed by atoms with Crippen LogP contribution in [0, 0.1) is 23.2 Å². The van der Waals surface area contributed by atoms with E-state index < -0.39 is 11.9 Å². The van der Waals surface area contributed by atoms with Crippen LogP contribution in [0.15, 0.2) is 0 Å². The number of primary amides is 1. The second-order valence-corrected chi connectivity index (χ2v) is 7.32. The second kappa shape index (κ2) is 5.22. The van der Waals surface area contributed by atoms with Gasteiger partial charge in [0.2, 0.25) is 17.7 Å². The number of hydrogen-bond donors (Lipinski definition) is 4. The molecule has 2 heterocycles. The summed E-state index contributed by atoms with van der Waals surface area (Å²) in [5.74, 6) is -0.244. The van der Waals surface area contributed by atoms with Crippen molar-refractivity contribution in [3.63, 3.8) is 0 Å². The Morgan fingerprint density at radius 1 is 1.45 bits per heavy atom. The lowest BCUT2D eigenvalue weighted by Gasteiger charge is -2.23. The fourth-order valence-electron chi connectivity index (χ4n) is 4.14. The van der Waals surface area contributed by atoms with Crippen LogP contribution in [0.1, 0.15) is 26.7 Å². The van der Waals surface area contributed by atoms with E-state index in [2.05, 4.69) is 29.8 Å². The molecule has 0 radical (unpaired) electrons. The molecule has 7 nitrogen and oxygen atoms in total. The highest BCUT2D eigenvalue weighted by molar-refractivity contribution is 5.90.